The number of ether oxygens (including phenoxy) is 2. The molecule has 1 aromatic carbocycles. The van der Waals surface area contributed by atoms with E-state index in [-0.39, 0.29) is 5.41 Å². The van der Waals surface area contributed by atoms with Crippen molar-refractivity contribution in [1.29, 1.82) is 0 Å². The van der Waals surface area contributed by atoms with Crippen molar-refractivity contribution in [2.24, 2.45) is 0 Å². The zero-order valence-corrected chi connectivity index (χ0v) is 8.95. The Morgan fingerprint density at radius 1 is 1.27 bits per heavy atom. The fraction of sp³-hybridized carbons (Fsp3) is 0.417. The highest BCUT2D eigenvalue weighted by Crippen LogP contribution is 2.51. The van der Waals surface area contributed by atoms with Crippen LogP contribution in [0.25, 0.3) is 0 Å². The van der Waals surface area contributed by atoms with Crippen molar-refractivity contribution in [3.05, 3.63) is 23.8 Å². The molecule has 0 saturated heterocycles. The summed E-state index contributed by atoms with van der Waals surface area (Å²) in [6.07, 6.45) is 2.82. The third-order valence-electron chi connectivity index (χ3n) is 2.95. The molecular formula is C12H14O3. The summed E-state index contributed by atoms with van der Waals surface area (Å²) >= 11 is 0. The van der Waals surface area contributed by atoms with Gasteiger partial charge in [0.1, 0.15) is 6.29 Å². The van der Waals surface area contributed by atoms with Crippen molar-refractivity contribution >= 4 is 6.29 Å². The predicted octanol–water partition coefficient (Wildman–Crippen LogP) is 1.93. The summed E-state index contributed by atoms with van der Waals surface area (Å²) in [5.41, 5.74) is 0.624. The molecule has 1 aliphatic carbocycles. The number of benzene rings is 1. The summed E-state index contributed by atoms with van der Waals surface area (Å²) in [7, 11) is 3.20. The summed E-state index contributed by atoms with van der Waals surface area (Å²) in [6, 6.07) is 5.66. The Labute approximate surface area is 89.0 Å². The second-order valence-corrected chi connectivity index (χ2v) is 3.82. The lowest BCUT2D eigenvalue weighted by atomic mass is 9.96. The number of carbonyl (C=O) groups excluding carboxylic acids is 1. The van der Waals surface area contributed by atoms with Crippen LogP contribution >= 0.6 is 0 Å². The van der Waals surface area contributed by atoms with Crippen LogP contribution < -0.4 is 9.47 Å². The third kappa shape index (κ3) is 1.48. The molecule has 3 heteroatoms. The standard InChI is InChI=1S/C12H14O3/c1-14-10-5-3-4-9(11(10)15-2)12(8-13)6-7-12/h3-5,8H,6-7H2,1-2H3. The lowest BCUT2D eigenvalue weighted by molar-refractivity contribution is -0.109. The van der Waals surface area contributed by atoms with Crippen molar-refractivity contribution < 1.29 is 14.3 Å². The molecule has 1 aromatic rings. The molecular weight excluding hydrogens is 192 g/mol. The molecule has 15 heavy (non-hydrogen) atoms. The van der Waals surface area contributed by atoms with E-state index in [1.807, 2.05) is 18.2 Å². The lowest BCUT2D eigenvalue weighted by Crippen LogP contribution is -2.10. The van der Waals surface area contributed by atoms with Gasteiger partial charge in [-0.05, 0) is 18.9 Å². The van der Waals surface area contributed by atoms with Gasteiger partial charge in [0.05, 0.1) is 19.6 Å². The predicted molar refractivity (Wildman–Crippen MR) is 56.5 cm³/mol. The summed E-state index contributed by atoms with van der Waals surface area (Å²) < 4.78 is 10.5. The molecule has 0 radical (unpaired) electrons. The Hall–Kier alpha value is -1.51. The van der Waals surface area contributed by atoms with E-state index < -0.39 is 0 Å². The third-order valence-corrected chi connectivity index (χ3v) is 2.95. The summed E-state index contributed by atoms with van der Waals surface area (Å²) in [6.45, 7) is 0. The number of hydrogen-bond acceptors (Lipinski definition) is 3. The van der Waals surface area contributed by atoms with Gasteiger partial charge in [0, 0.05) is 5.56 Å². The number of carbonyl (C=O) groups is 1. The van der Waals surface area contributed by atoms with Gasteiger partial charge in [-0.25, -0.2) is 0 Å². The molecule has 2 rings (SSSR count). The van der Waals surface area contributed by atoms with Gasteiger partial charge >= 0.3 is 0 Å². The van der Waals surface area contributed by atoms with Crippen LogP contribution in [0.5, 0.6) is 11.5 Å². The van der Waals surface area contributed by atoms with E-state index in [0.717, 1.165) is 24.7 Å². The first kappa shape index (κ1) is 10.0. The quantitative estimate of drug-likeness (QED) is 0.706. The molecule has 0 amide bonds. The highest BCUT2D eigenvalue weighted by molar-refractivity contribution is 5.76. The van der Waals surface area contributed by atoms with Crippen molar-refractivity contribution in [1.82, 2.24) is 0 Å². The Morgan fingerprint density at radius 3 is 2.47 bits per heavy atom. The monoisotopic (exact) mass is 206 g/mol. The smallest absolute Gasteiger partial charge is 0.164 e. The molecule has 1 fully saturated rings. The molecule has 0 bridgehead atoms. The first-order valence-corrected chi connectivity index (χ1v) is 4.95. The zero-order chi connectivity index (χ0) is 10.9. The highest BCUT2D eigenvalue weighted by Gasteiger charge is 2.46. The minimum Gasteiger partial charge on any atom is -0.493 e. The molecule has 1 saturated carbocycles. The Morgan fingerprint density at radius 2 is 2.00 bits per heavy atom. The van der Waals surface area contributed by atoms with Gasteiger partial charge in [-0.1, -0.05) is 12.1 Å². The average molecular weight is 206 g/mol. The van der Waals surface area contributed by atoms with Crippen LogP contribution in [0.15, 0.2) is 18.2 Å². The molecule has 80 valence electrons. The summed E-state index contributed by atoms with van der Waals surface area (Å²) in [4.78, 5) is 11.1. The normalized spacial score (nSPS) is 16.9. The van der Waals surface area contributed by atoms with Crippen LogP contribution in [0, 0.1) is 0 Å². The van der Waals surface area contributed by atoms with Gasteiger partial charge < -0.3 is 14.3 Å². The minimum atomic E-state index is -0.320. The maximum atomic E-state index is 11.1. The molecule has 0 N–H and O–H groups in total. The minimum absolute atomic E-state index is 0.320. The van der Waals surface area contributed by atoms with Crippen LogP contribution in [-0.2, 0) is 10.2 Å². The van der Waals surface area contributed by atoms with E-state index >= 15 is 0 Å². The maximum Gasteiger partial charge on any atom is 0.164 e. The fourth-order valence-corrected chi connectivity index (χ4v) is 1.86. The van der Waals surface area contributed by atoms with Gasteiger partial charge in [0.25, 0.3) is 0 Å². The van der Waals surface area contributed by atoms with Gasteiger partial charge in [-0.15, -0.1) is 0 Å². The molecule has 3 nitrogen and oxygen atoms in total. The van der Waals surface area contributed by atoms with Crippen LogP contribution in [0.3, 0.4) is 0 Å². The number of aldehydes is 1. The maximum absolute atomic E-state index is 11.1. The Kier molecular flexibility index (Phi) is 2.39. The van der Waals surface area contributed by atoms with Gasteiger partial charge in [0.2, 0.25) is 0 Å². The van der Waals surface area contributed by atoms with Crippen molar-refractivity contribution in [2.45, 2.75) is 18.3 Å². The van der Waals surface area contributed by atoms with Crippen LogP contribution in [0.4, 0.5) is 0 Å². The first-order valence-electron chi connectivity index (χ1n) is 4.95. The summed E-state index contributed by atoms with van der Waals surface area (Å²) in [5.74, 6) is 1.37. The molecule has 0 heterocycles. The lowest BCUT2D eigenvalue weighted by Gasteiger charge is -2.15. The topological polar surface area (TPSA) is 35.5 Å². The number of rotatable bonds is 4. The first-order chi connectivity index (χ1) is 7.27. The molecule has 1 aliphatic rings. The van der Waals surface area contributed by atoms with Crippen molar-refractivity contribution in [3.63, 3.8) is 0 Å². The highest BCUT2D eigenvalue weighted by atomic mass is 16.5. The van der Waals surface area contributed by atoms with Crippen LogP contribution in [-0.4, -0.2) is 20.5 Å². The van der Waals surface area contributed by atoms with Crippen molar-refractivity contribution in [2.75, 3.05) is 14.2 Å². The van der Waals surface area contributed by atoms with Gasteiger partial charge in [-0.2, -0.15) is 0 Å². The van der Waals surface area contributed by atoms with E-state index in [1.165, 1.54) is 0 Å². The second kappa shape index (κ2) is 3.57. The van der Waals surface area contributed by atoms with Gasteiger partial charge in [0.15, 0.2) is 11.5 Å². The number of hydrogen-bond donors (Lipinski definition) is 0. The number of methoxy groups -OCH3 is 2. The van der Waals surface area contributed by atoms with E-state index in [9.17, 15) is 4.79 Å². The second-order valence-electron chi connectivity index (χ2n) is 3.82. The Balaban J connectivity index is 2.51. The van der Waals surface area contributed by atoms with E-state index in [1.54, 1.807) is 14.2 Å². The number of para-hydroxylation sites is 1. The van der Waals surface area contributed by atoms with E-state index in [2.05, 4.69) is 0 Å². The van der Waals surface area contributed by atoms with Crippen LogP contribution in [0.2, 0.25) is 0 Å². The SMILES string of the molecule is COc1cccc(C2(C=O)CC2)c1OC. The van der Waals surface area contributed by atoms with Crippen LogP contribution in [0.1, 0.15) is 18.4 Å². The van der Waals surface area contributed by atoms with E-state index in [0.29, 0.717) is 11.5 Å². The molecule has 0 unspecified atom stereocenters. The van der Waals surface area contributed by atoms with Crippen molar-refractivity contribution in [3.8, 4) is 11.5 Å². The Bertz CT molecular complexity index is 380. The molecule has 0 aliphatic heterocycles. The molecule has 0 spiro atoms. The average Bonchev–Trinajstić information content (AvgIpc) is 3.08. The van der Waals surface area contributed by atoms with Gasteiger partial charge in [-0.3, -0.25) is 0 Å². The molecule has 0 atom stereocenters. The molecule has 0 aromatic heterocycles. The zero-order valence-electron chi connectivity index (χ0n) is 8.95. The van der Waals surface area contributed by atoms with E-state index in [4.69, 9.17) is 9.47 Å². The largest absolute Gasteiger partial charge is 0.493 e. The fourth-order valence-electron chi connectivity index (χ4n) is 1.86. The summed E-state index contributed by atoms with van der Waals surface area (Å²) in [5, 5.41) is 0.